The van der Waals surface area contributed by atoms with Crippen molar-refractivity contribution in [2.24, 2.45) is 0 Å². The summed E-state index contributed by atoms with van der Waals surface area (Å²) >= 11 is 0. The fraction of sp³-hybridized carbons (Fsp3) is 0.360. The number of piperidine rings is 1. The van der Waals surface area contributed by atoms with Gasteiger partial charge in [0.1, 0.15) is 23.1 Å². The minimum atomic E-state index is -0.500. The Hall–Kier alpha value is -4.10. The van der Waals surface area contributed by atoms with Gasteiger partial charge in [-0.2, -0.15) is 10.2 Å². The molecule has 0 bridgehead atoms. The number of aromatic nitrogens is 1. The summed E-state index contributed by atoms with van der Waals surface area (Å²) in [6.45, 7) is 2.26. The molecule has 10 nitrogen and oxygen atoms in total. The average molecular weight is 478 g/mol. The van der Waals surface area contributed by atoms with Gasteiger partial charge in [-0.15, -0.1) is 0 Å². The molecule has 1 saturated heterocycles. The number of hydrogen-bond donors (Lipinski definition) is 1. The lowest BCUT2D eigenvalue weighted by Crippen LogP contribution is -2.37. The molecule has 35 heavy (non-hydrogen) atoms. The molecule has 4 rings (SSSR count). The van der Waals surface area contributed by atoms with Crippen molar-refractivity contribution in [3.8, 4) is 29.0 Å². The molecule has 1 aromatic heterocycles. The van der Waals surface area contributed by atoms with E-state index in [1.165, 1.54) is 12.5 Å². The SMILES string of the molecule is COc1ccc(OC)c(C(CNc2oc(-c3ccccc3[N+](=O)[O-])nc2C#N)N2CCCCC2)c1. The Balaban J connectivity index is 1.66. The number of rotatable bonds is 9. The second-order valence-corrected chi connectivity index (χ2v) is 8.18. The number of nitrogens with zero attached hydrogens (tertiary/aromatic N) is 4. The molecule has 3 aromatic rings. The van der Waals surface area contributed by atoms with E-state index in [9.17, 15) is 15.4 Å². The first kappa shape index (κ1) is 24.0. The van der Waals surface area contributed by atoms with Crippen LogP contribution in [0.5, 0.6) is 11.5 Å². The number of methoxy groups -OCH3 is 2. The second kappa shape index (κ2) is 10.9. The number of nitro benzene ring substituents is 1. The molecule has 1 fully saturated rings. The van der Waals surface area contributed by atoms with Crippen molar-refractivity contribution in [2.75, 3.05) is 39.2 Å². The van der Waals surface area contributed by atoms with Crippen molar-refractivity contribution in [1.29, 1.82) is 5.26 Å². The van der Waals surface area contributed by atoms with Crippen LogP contribution in [0.4, 0.5) is 11.6 Å². The van der Waals surface area contributed by atoms with Gasteiger partial charge in [-0.05, 0) is 50.2 Å². The highest BCUT2D eigenvalue weighted by Crippen LogP contribution is 2.36. The highest BCUT2D eigenvalue weighted by molar-refractivity contribution is 5.68. The standard InChI is InChI=1S/C25H27N5O5/c1-33-17-10-11-23(34-2)19(14-17)22(29-12-6-3-7-13-29)16-27-25-20(15-26)28-24(35-25)18-8-4-5-9-21(18)30(31)32/h4-5,8-11,14,22,27H,3,6-7,12-13,16H2,1-2H3. The van der Waals surface area contributed by atoms with Gasteiger partial charge in [0.05, 0.1) is 25.2 Å². The maximum Gasteiger partial charge on any atom is 0.282 e. The maximum absolute atomic E-state index is 11.4. The highest BCUT2D eigenvalue weighted by atomic mass is 16.6. The van der Waals surface area contributed by atoms with Crippen LogP contribution < -0.4 is 14.8 Å². The third-order valence-electron chi connectivity index (χ3n) is 6.15. The number of nitrogens with one attached hydrogen (secondary N) is 1. The molecule has 2 aromatic carbocycles. The quantitative estimate of drug-likeness (QED) is 0.342. The Morgan fingerprint density at radius 3 is 2.66 bits per heavy atom. The molecule has 1 atom stereocenters. The van der Waals surface area contributed by atoms with Crippen molar-refractivity contribution in [1.82, 2.24) is 9.88 Å². The van der Waals surface area contributed by atoms with Crippen LogP contribution in [0.3, 0.4) is 0 Å². The third kappa shape index (κ3) is 5.20. The van der Waals surface area contributed by atoms with Crippen molar-refractivity contribution >= 4 is 11.6 Å². The average Bonchev–Trinajstić information content (AvgIpc) is 3.32. The van der Waals surface area contributed by atoms with Gasteiger partial charge < -0.3 is 19.2 Å². The number of benzene rings is 2. The summed E-state index contributed by atoms with van der Waals surface area (Å²) in [4.78, 5) is 17.5. The molecule has 1 aliphatic heterocycles. The Kier molecular flexibility index (Phi) is 7.48. The fourth-order valence-corrected chi connectivity index (χ4v) is 4.40. The number of ether oxygens (including phenoxy) is 2. The van der Waals surface area contributed by atoms with Crippen molar-refractivity contribution in [3.63, 3.8) is 0 Å². The first-order valence-corrected chi connectivity index (χ1v) is 11.4. The lowest BCUT2D eigenvalue weighted by Gasteiger charge is -2.35. The van der Waals surface area contributed by atoms with E-state index in [2.05, 4.69) is 15.2 Å². The van der Waals surface area contributed by atoms with Gasteiger partial charge in [0.15, 0.2) is 0 Å². The maximum atomic E-state index is 11.4. The van der Waals surface area contributed by atoms with Crippen molar-refractivity contribution < 1.29 is 18.8 Å². The van der Waals surface area contributed by atoms with Crippen molar-refractivity contribution in [3.05, 3.63) is 63.8 Å². The Morgan fingerprint density at radius 1 is 1.20 bits per heavy atom. The Bertz CT molecular complexity index is 1230. The number of para-hydroxylation sites is 1. The number of anilines is 1. The zero-order chi connectivity index (χ0) is 24.8. The van der Waals surface area contributed by atoms with Crippen LogP contribution >= 0.6 is 0 Å². The van der Waals surface area contributed by atoms with Crippen LogP contribution in [0.1, 0.15) is 36.6 Å². The van der Waals surface area contributed by atoms with E-state index in [1.807, 2.05) is 24.3 Å². The summed E-state index contributed by atoms with van der Waals surface area (Å²) in [7, 11) is 3.26. The lowest BCUT2D eigenvalue weighted by molar-refractivity contribution is -0.384. The van der Waals surface area contributed by atoms with Gasteiger partial charge in [0, 0.05) is 18.2 Å². The molecule has 0 spiro atoms. The summed E-state index contributed by atoms with van der Waals surface area (Å²) in [6.07, 6.45) is 3.37. The van der Waals surface area contributed by atoms with Gasteiger partial charge >= 0.3 is 0 Å². The Labute approximate surface area is 203 Å². The van der Waals surface area contributed by atoms with E-state index in [4.69, 9.17) is 13.9 Å². The van der Waals surface area contributed by atoms with E-state index >= 15 is 0 Å². The number of likely N-dealkylation sites (tertiary alicyclic amines) is 1. The van der Waals surface area contributed by atoms with Crippen LogP contribution in [-0.4, -0.2) is 48.7 Å². The molecule has 10 heteroatoms. The molecule has 0 aliphatic carbocycles. The summed E-state index contributed by atoms with van der Waals surface area (Å²) in [5.41, 5.74) is 1.06. The minimum absolute atomic E-state index is 0.0184. The molecular formula is C25H27N5O5. The molecule has 1 unspecified atom stereocenters. The molecule has 0 radical (unpaired) electrons. The fourth-order valence-electron chi connectivity index (χ4n) is 4.40. The molecule has 182 valence electrons. The molecule has 1 N–H and O–H groups in total. The predicted octanol–water partition coefficient (Wildman–Crippen LogP) is 4.78. The highest BCUT2D eigenvalue weighted by Gasteiger charge is 2.27. The van der Waals surface area contributed by atoms with Gasteiger partial charge in [-0.3, -0.25) is 15.0 Å². The summed E-state index contributed by atoms with van der Waals surface area (Å²) in [6, 6.07) is 13.8. The van der Waals surface area contributed by atoms with Gasteiger partial charge in [-0.25, -0.2) is 0 Å². The monoisotopic (exact) mass is 477 g/mol. The van der Waals surface area contributed by atoms with Crippen LogP contribution in [0.2, 0.25) is 0 Å². The Morgan fingerprint density at radius 2 is 1.97 bits per heavy atom. The van der Waals surface area contributed by atoms with E-state index in [-0.39, 0.29) is 34.8 Å². The van der Waals surface area contributed by atoms with Gasteiger partial charge in [0.25, 0.3) is 5.69 Å². The second-order valence-electron chi connectivity index (χ2n) is 8.18. The zero-order valence-corrected chi connectivity index (χ0v) is 19.7. The number of oxazole rings is 1. The van der Waals surface area contributed by atoms with Crippen LogP contribution in [0.25, 0.3) is 11.5 Å². The lowest BCUT2D eigenvalue weighted by atomic mass is 10.00. The summed E-state index contributed by atoms with van der Waals surface area (Å²) in [5.74, 6) is 1.65. The summed E-state index contributed by atoms with van der Waals surface area (Å²) in [5, 5.41) is 24.3. The van der Waals surface area contributed by atoms with E-state index in [0.717, 1.165) is 43.0 Å². The molecule has 1 aliphatic rings. The first-order valence-electron chi connectivity index (χ1n) is 11.4. The van der Waals surface area contributed by atoms with E-state index in [0.29, 0.717) is 6.54 Å². The molecular weight excluding hydrogens is 450 g/mol. The molecule has 0 amide bonds. The van der Waals surface area contributed by atoms with E-state index in [1.54, 1.807) is 32.4 Å². The third-order valence-corrected chi connectivity index (χ3v) is 6.15. The molecule has 2 heterocycles. The number of nitriles is 1. The largest absolute Gasteiger partial charge is 0.497 e. The molecule has 0 saturated carbocycles. The van der Waals surface area contributed by atoms with Crippen LogP contribution in [0, 0.1) is 21.4 Å². The minimum Gasteiger partial charge on any atom is -0.497 e. The first-order chi connectivity index (χ1) is 17.0. The van der Waals surface area contributed by atoms with Gasteiger partial charge in [-0.1, -0.05) is 18.6 Å². The normalized spacial score (nSPS) is 14.7. The summed E-state index contributed by atoms with van der Waals surface area (Å²) < 4.78 is 16.9. The zero-order valence-electron chi connectivity index (χ0n) is 19.7. The predicted molar refractivity (Wildman–Crippen MR) is 130 cm³/mol. The number of hydrogen-bond acceptors (Lipinski definition) is 9. The topological polar surface area (TPSA) is 127 Å². The number of nitro groups is 1. The van der Waals surface area contributed by atoms with E-state index < -0.39 is 4.92 Å². The van der Waals surface area contributed by atoms with Crippen molar-refractivity contribution in [2.45, 2.75) is 25.3 Å². The van der Waals surface area contributed by atoms with Gasteiger partial charge in [0.2, 0.25) is 17.5 Å². The van der Waals surface area contributed by atoms with Crippen LogP contribution in [-0.2, 0) is 0 Å². The smallest absolute Gasteiger partial charge is 0.282 e. The van der Waals surface area contributed by atoms with Crippen LogP contribution in [0.15, 0.2) is 46.9 Å².